The molecule has 1 heterocycles. The molecule has 1 aromatic rings. The van der Waals surface area contributed by atoms with Crippen LogP contribution in [0.25, 0.3) is 5.70 Å². The van der Waals surface area contributed by atoms with Crippen molar-refractivity contribution in [1.82, 2.24) is 5.32 Å². The summed E-state index contributed by atoms with van der Waals surface area (Å²) in [4.78, 5) is 8.44. The Balaban J connectivity index is 2.19. The minimum atomic E-state index is 0.600. The molecule has 18 heavy (non-hydrogen) atoms. The van der Waals surface area contributed by atoms with Crippen molar-refractivity contribution in [2.75, 3.05) is 7.05 Å². The lowest BCUT2D eigenvalue weighted by Crippen LogP contribution is -2.30. The first kappa shape index (κ1) is 12.1. The number of aliphatic imine (C=N–C) groups is 2. The van der Waals surface area contributed by atoms with Crippen molar-refractivity contribution in [3.05, 3.63) is 53.7 Å². The van der Waals surface area contributed by atoms with Gasteiger partial charge in [-0.2, -0.15) is 0 Å². The summed E-state index contributed by atoms with van der Waals surface area (Å²) in [5.74, 6) is 1.41. The number of rotatable bonds is 2. The molecule has 2 rings (SSSR count). The summed E-state index contributed by atoms with van der Waals surface area (Å²) < 4.78 is 0. The zero-order chi connectivity index (χ0) is 13.0. The second-order valence-electron chi connectivity index (χ2n) is 4.00. The predicted molar refractivity (Wildman–Crippen MR) is 76.3 cm³/mol. The molecule has 0 saturated carbocycles. The first-order valence-corrected chi connectivity index (χ1v) is 5.72. The standard InChI is InChI=1S/C14H16N4/c1-10-8-14(17-10)18-13(16-2)9-12(15)11-6-4-3-5-7-11/h3-9H,15H2,1-2H3,(H,16,17,18)/b12-9-. The Kier molecular flexibility index (Phi) is 3.57. The van der Waals surface area contributed by atoms with Crippen LogP contribution in [0, 0.1) is 0 Å². The summed E-state index contributed by atoms with van der Waals surface area (Å²) in [6.07, 6.45) is 3.73. The van der Waals surface area contributed by atoms with Crippen LogP contribution in [0.15, 0.2) is 58.2 Å². The van der Waals surface area contributed by atoms with Gasteiger partial charge >= 0.3 is 0 Å². The van der Waals surface area contributed by atoms with Crippen LogP contribution in [0.1, 0.15) is 12.5 Å². The topological polar surface area (TPSA) is 62.8 Å². The summed E-state index contributed by atoms with van der Waals surface area (Å²) in [6, 6.07) is 9.77. The highest BCUT2D eigenvalue weighted by atomic mass is 15.1. The summed E-state index contributed by atoms with van der Waals surface area (Å²) in [5, 5.41) is 3.08. The van der Waals surface area contributed by atoms with E-state index in [1.54, 1.807) is 13.1 Å². The molecule has 3 N–H and O–H groups in total. The van der Waals surface area contributed by atoms with E-state index in [0.29, 0.717) is 11.5 Å². The highest BCUT2D eigenvalue weighted by Crippen LogP contribution is 2.09. The molecule has 1 aliphatic heterocycles. The number of hydrogen-bond donors (Lipinski definition) is 2. The first-order chi connectivity index (χ1) is 8.69. The predicted octanol–water partition coefficient (Wildman–Crippen LogP) is 1.92. The molecule has 4 heteroatoms. The van der Waals surface area contributed by atoms with Crippen LogP contribution >= 0.6 is 0 Å². The molecular weight excluding hydrogens is 224 g/mol. The maximum atomic E-state index is 6.01. The van der Waals surface area contributed by atoms with Gasteiger partial charge in [-0.05, 0) is 18.6 Å². The fraction of sp³-hybridized carbons (Fsp3) is 0.143. The third kappa shape index (κ3) is 2.85. The maximum Gasteiger partial charge on any atom is 0.151 e. The third-order valence-electron chi connectivity index (χ3n) is 2.53. The van der Waals surface area contributed by atoms with E-state index in [4.69, 9.17) is 5.73 Å². The van der Waals surface area contributed by atoms with Crippen molar-refractivity contribution in [2.45, 2.75) is 6.92 Å². The maximum absolute atomic E-state index is 6.01. The van der Waals surface area contributed by atoms with Crippen LogP contribution in [0.3, 0.4) is 0 Å². The Morgan fingerprint density at radius 2 is 1.94 bits per heavy atom. The number of nitrogens with one attached hydrogen (secondary N) is 1. The lowest BCUT2D eigenvalue weighted by atomic mass is 10.1. The van der Waals surface area contributed by atoms with Crippen LogP contribution < -0.4 is 11.1 Å². The van der Waals surface area contributed by atoms with E-state index < -0.39 is 0 Å². The average molecular weight is 240 g/mol. The van der Waals surface area contributed by atoms with E-state index in [-0.39, 0.29) is 0 Å². The van der Waals surface area contributed by atoms with Crippen LogP contribution in [0.2, 0.25) is 0 Å². The average Bonchev–Trinajstić information content (AvgIpc) is 2.36. The highest BCUT2D eigenvalue weighted by molar-refractivity contribution is 6.11. The Hall–Kier alpha value is -2.36. The number of nitrogens with two attached hydrogens (primary N) is 1. The van der Waals surface area contributed by atoms with Gasteiger partial charge in [-0.3, -0.25) is 4.99 Å². The van der Waals surface area contributed by atoms with Crippen molar-refractivity contribution in [3.8, 4) is 0 Å². The molecule has 0 saturated heterocycles. The summed E-state index contributed by atoms with van der Waals surface area (Å²) in [7, 11) is 1.70. The second-order valence-corrected chi connectivity index (χ2v) is 4.00. The van der Waals surface area contributed by atoms with E-state index in [2.05, 4.69) is 15.3 Å². The van der Waals surface area contributed by atoms with Crippen LogP contribution in [0.4, 0.5) is 0 Å². The minimum absolute atomic E-state index is 0.600. The molecule has 0 spiro atoms. The van der Waals surface area contributed by atoms with Gasteiger partial charge in [0, 0.05) is 24.5 Å². The number of allylic oxidation sites excluding steroid dienone is 1. The number of amidine groups is 2. The molecule has 0 bridgehead atoms. The normalized spacial score (nSPS) is 18.1. The monoisotopic (exact) mass is 240 g/mol. The first-order valence-electron chi connectivity index (χ1n) is 5.72. The number of nitrogens with zero attached hydrogens (tertiary/aromatic N) is 2. The molecule has 0 radical (unpaired) electrons. The van der Waals surface area contributed by atoms with E-state index in [1.165, 1.54) is 0 Å². The number of hydrogen-bond acceptors (Lipinski definition) is 2. The van der Waals surface area contributed by atoms with Gasteiger partial charge < -0.3 is 11.1 Å². The van der Waals surface area contributed by atoms with Gasteiger partial charge in [-0.1, -0.05) is 30.3 Å². The molecule has 1 aromatic carbocycles. The molecule has 0 fully saturated rings. The Morgan fingerprint density at radius 1 is 1.28 bits per heavy atom. The van der Waals surface area contributed by atoms with Crippen LogP contribution in [-0.2, 0) is 0 Å². The molecule has 0 aromatic heterocycles. The van der Waals surface area contributed by atoms with Crippen molar-refractivity contribution < 1.29 is 0 Å². The largest absolute Gasteiger partial charge is 0.398 e. The van der Waals surface area contributed by atoms with Crippen LogP contribution in [0.5, 0.6) is 0 Å². The van der Waals surface area contributed by atoms with Crippen molar-refractivity contribution in [2.24, 2.45) is 15.7 Å². The van der Waals surface area contributed by atoms with Gasteiger partial charge in [0.05, 0.1) is 0 Å². The zero-order valence-corrected chi connectivity index (χ0v) is 10.5. The minimum Gasteiger partial charge on any atom is -0.398 e. The summed E-state index contributed by atoms with van der Waals surface area (Å²) in [5.41, 5.74) is 8.73. The van der Waals surface area contributed by atoms with Gasteiger partial charge in [0.1, 0.15) is 5.84 Å². The Labute approximate surface area is 107 Å². The van der Waals surface area contributed by atoms with E-state index in [0.717, 1.165) is 17.1 Å². The molecule has 4 nitrogen and oxygen atoms in total. The summed E-state index contributed by atoms with van der Waals surface area (Å²) >= 11 is 0. The zero-order valence-electron chi connectivity index (χ0n) is 10.5. The third-order valence-corrected chi connectivity index (χ3v) is 2.53. The van der Waals surface area contributed by atoms with Gasteiger partial charge in [-0.15, -0.1) is 0 Å². The molecule has 0 aliphatic carbocycles. The van der Waals surface area contributed by atoms with Gasteiger partial charge in [-0.25, -0.2) is 4.99 Å². The lowest BCUT2D eigenvalue weighted by molar-refractivity contribution is 1.06. The molecular formula is C14H16N4. The van der Waals surface area contributed by atoms with Crippen molar-refractivity contribution in [3.63, 3.8) is 0 Å². The fourth-order valence-electron chi connectivity index (χ4n) is 1.58. The van der Waals surface area contributed by atoms with Crippen LogP contribution in [-0.4, -0.2) is 18.7 Å². The molecule has 1 aliphatic rings. The van der Waals surface area contributed by atoms with Crippen molar-refractivity contribution in [1.29, 1.82) is 0 Å². The number of benzene rings is 1. The molecule has 0 atom stereocenters. The molecule has 92 valence electrons. The second kappa shape index (κ2) is 5.31. The SMILES string of the molecule is CN=C(/C=C(\N)c1ccccc1)N=C1C=C(C)N1. The molecule has 0 unspecified atom stereocenters. The van der Waals surface area contributed by atoms with Gasteiger partial charge in [0.15, 0.2) is 5.84 Å². The molecule has 0 amide bonds. The Morgan fingerprint density at radius 3 is 2.50 bits per heavy atom. The van der Waals surface area contributed by atoms with Gasteiger partial charge in [0.25, 0.3) is 0 Å². The quantitative estimate of drug-likeness (QED) is 0.612. The summed E-state index contributed by atoms with van der Waals surface area (Å²) in [6.45, 7) is 1.98. The smallest absolute Gasteiger partial charge is 0.151 e. The van der Waals surface area contributed by atoms with E-state index in [9.17, 15) is 0 Å². The lowest BCUT2D eigenvalue weighted by Gasteiger charge is -2.15. The van der Waals surface area contributed by atoms with E-state index >= 15 is 0 Å². The fourth-order valence-corrected chi connectivity index (χ4v) is 1.58. The highest BCUT2D eigenvalue weighted by Gasteiger charge is 2.07. The Bertz CT molecular complexity index is 550. The van der Waals surface area contributed by atoms with Crippen molar-refractivity contribution >= 4 is 17.4 Å². The van der Waals surface area contributed by atoms with Gasteiger partial charge in [0.2, 0.25) is 0 Å². The van der Waals surface area contributed by atoms with E-state index in [1.807, 2.05) is 43.3 Å².